The molecule has 0 radical (unpaired) electrons. The van der Waals surface area contributed by atoms with E-state index in [1.807, 2.05) is 0 Å². The van der Waals surface area contributed by atoms with Crippen molar-refractivity contribution >= 4 is 0 Å². The Labute approximate surface area is 83.8 Å². The summed E-state index contributed by atoms with van der Waals surface area (Å²) in [4.78, 5) is 2.39. The highest BCUT2D eigenvalue weighted by atomic mass is 15.2. The molecule has 0 aromatic rings. The number of hydrogen-bond donors (Lipinski definition) is 0. The molecule has 0 bridgehead atoms. The van der Waals surface area contributed by atoms with Crippen LogP contribution in [0.1, 0.15) is 47.5 Å². The smallest absolute Gasteiger partial charge is 0.0230 e. The Morgan fingerprint density at radius 1 is 1.46 bits per heavy atom. The van der Waals surface area contributed by atoms with Crippen molar-refractivity contribution in [3.8, 4) is 0 Å². The molecule has 13 heavy (non-hydrogen) atoms. The number of likely N-dealkylation sites (tertiary alicyclic amines) is 1. The first kappa shape index (κ1) is 12.5. The van der Waals surface area contributed by atoms with Gasteiger partial charge in [0.2, 0.25) is 0 Å². The van der Waals surface area contributed by atoms with Crippen molar-refractivity contribution in [3.63, 3.8) is 0 Å². The first-order valence-corrected chi connectivity index (χ1v) is 5.47. The highest BCUT2D eigenvalue weighted by molar-refractivity contribution is 5.03. The van der Waals surface area contributed by atoms with Gasteiger partial charge in [0.25, 0.3) is 0 Å². The van der Waals surface area contributed by atoms with Crippen LogP contribution in [0.2, 0.25) is 0 Å². The molecule has 1 heterocycles. The lowest BCUT2D eigenvalue weighted by Crippen LogP contribution is -2.26. The SMILES string of the molecule is C=C1CC(C)CN1C(C)C.CCC. The molecule has 1 fully saturated rings. The molecule has 1 nitrogen and oxygen atoms in total. The van der Waals surface area contributed by atoms with Gasteiger partial charge in [-0.15, -0.1) is 0 Å². The average Bonchev–Trinajstić information content (AvgIpc) is 2.31. The van der Waals surface area contributed by atoms with Crippen molar-refractivity contribution < 1.29 is 0 Å². The standard InChI is InChI=1S/C9H17N.C3H8/c1-7(2)10-6-8(3)5-9(10)4;1-3-2/h7-8H,4-6H2,1-3H3;3H2,1-2H3. The van der Waals surface area contributed by atoms with Crippen molar-refractivity contribution in [3.05, 3.63) is 12.3 Å². The van der Waals surface area contributed by atoms with Gasteiger partial charge in [0.1, 0.15) is 0 Å². The van der Waals surface area contributed by atoms with Gasteiger partial charge in [-0.05, 0) is 26.2 Å². The third kappa shape index (κ3) is 4.35. The summed E-state index contributed by atoms with van der Waals surface area (Å²) < 4.78 is 0. The molecule has 1 atom stereocenters. The van der Waals surface area contributed by atoms with Crippen LogP contribution in [0.5, 0.6) is 0 Å². The first-order chi connectivity index (χ1) is 6.02. The lowest BCUT2D eigenvalue weighted by molar-refractivity contribution is 0.309. The fraction of sp³-hybridized carbons (Fsp3) is 0.833. The van der Waals surface area contributed by atoms with Crippen LogP contribution in [0, 0.1) is 5.92 Å². The van der Waals surface area contributed by atoms with Gasteiger partial charge in [-0.2, -0.15) is 0 Å². The topological polar surface area (TPSA) is 3.24 Å². The van der Waals surface area contributed by atoms with Gasteiger partial charge in [0.15, 0.2) is 0 Å². The summed E-state index contributed by atoms with van der Waals surface area (Å²) in [6, 6.07) is 0.637. The van der Waals surface area contributed by atoms with Gasteiger partial charge < -0.3 is 4.90 Å². The second-order valence-corrected chi connectivity index (χ2v) is 4.33. The Hall–Kier alpha value is -0.460. The molecule has 1 aliphatic rings. The molecule has 78 valence electrons. The lowest BCUT2D eigenvalue weighted by atomic mass is 10.1. The van der Waals surface area contributed by atoms with E-state index in [2.05, 4.69) is 46.1 Å². The number of hydrogen-bond acceptors (Lipinski definition) is 1. The van der Waals surface area contributed by atoms with Crippen LogP contribution in [0.25, 0.3) is 0 Å². The van der Waals surface area contributed by atoms with Crippen molar-refractivity contribution in [2.24, 2.45) is 5.92 Å². The van der Waals surface area contributed by atoms with Crippen LogP contribution in [0.15, 0.2) is 12.3 Å². The number of nitrogens with zero attached hydrogens (tertiary/aromatic N) is 1. The molecule has 1 heteroatoms. The minimum Gasteiger partial charge on any atom is -0.373 e. The van der Waals surface area contributed by atoms with E-state index in [-0.39, 0.29) is 0 Å². The fourth-order valence-corrected chi connectivity index (χ4v) is 1.62. The van der Waals surface area contributed by atoms with Crippen molar-refractivity contribution in [2.75, 3.05) is 6.54 Å². The van der Waals surface area contributed by atoms with Crippen LogP contribution < -0.4 is 0 Å². The average molecular weight is 183 g/mol. The van der Waals surface area contributed by atoms with Crippen molar-refractivity contribution in [1.82, 2.24) is 4.90 Å². The van der Waals surface area contributed by atoms with Crippen molar-refractivity contribution in [2.45, 2.75) is 53.5 Å². The maximum Gasteiger partial charge on any atom is 0.0230 e. The Morgan fingerprint density at radius 2 is 1.92 bits per heavy atom. The molecule has 0 spiro atoms. The summed E-state index contributed by atoms with van der Waals surface area (Å²) in [5.74, 6) is 0.815. The fourth-order valence-electron chi connectivity index (χ4n) is 1.62. The third-order valence-corrected chi connectivity index (χ3v) is 2.12. The quantitative estimate of drug-likeness (QED) is 0.599. The summed E-state index contributed by atoms with van der Waals surface area (Å²) >= 11 is 0. The summed E-state index contributed by atoms with van der Waals surface area (Å²) in [6.07, 6.45) is 2.44. The molecule has 1 rings (SSSR count). The van der Waals surface area contributed by atoms with Crippen LogP contribution >= 0.6 is 0 Å². The molecule has 0 N–H and O–H groups in total. The first-order valence-electron chi connectivity index (χ1n) is 5.47. The second kappa shape index (κ2) is 6.06. The van der Waals surface area contributed by atoms with Crippen LogP contribution in [0.3, 0.4) is 0 Å². The molecule has 1 unspecified atom stereocenters. The summed E-state index contributed by atoms with van der Waals surface area (Å²) in [5, 5.41) is 0. The largest absolute Gasteiger partial charge is 0.373 e. The van der Waals surface area contributed by atoms with Gasteiger partial charge >= 0.3 is 0 Å². The molecule has 1 aliphatic heterocycles. The molecule has 0 aromatic carbocycles. The second-order valence-electron chi connectivity index (χ2n) is 4.33. The minimum absolute atomic E-state index is 0.637. The molecular weight excluding hydrogens is 158 g/mol. The third-order valence-electron chi connectivity index (χ3n) is 2.12. The van der Waals surface area contributed by atoms with Crippen LogP contribution in [-0.4, -0.2) is 17.5 Å². The Morgan fingerprint density at radius 3 is 2.08 bits per heavy atom. The van der Waals surface area contributed by atoms with E-state index in [1.165, 1.54) is 25.1 Å². The van der Waals surface area contributed by atoms with Gasteiger partial charge in [0, 0.05) is 18.3 Å². The van der Waals surface area contributed by atoms with Gasteiger partial charge in [-0.1, -0.05) is 33.8 Å². The molecule has 1 saturated heterocycles. The summed E-state index contributed by atoms with van der Waals surface area (Å²) in [7, 11) is 0. The van der Waals surface area contributed by atoms with E-state index < -0.39 is 0 Å². The van der Waals surface area contributed by atoms with E-state index in [4.69, 9.17) is 0 Å². The Kier molecular flexibility index (Phi) is 5.85. The molecule has 0 aromatic heterocycles. The predicted octanol–water partition coefficient (Wildman–Crippen LogP) is 3.67. The van der Waals surface area contributed by atoms with E-state index in [9.17, 15) is 0 Å². The van der Waals surface area contributed by atoms with Crippen LogP contribution in [0.4, 0.5) is 0 Å². The van der Waals surface area contributed by atoms with E-state index in [0.717, 1.165) is 5.92 Å². The zero-order valence-corrected chi connectivity index (χ0v) is 9.93. The zero-order valence-electron chi connectivity index (χ0n) is 9.93. The predicted molar refractivity (Wildman–Crippen MR) is 60.7 cm³/mol. The molecule has 0 saturated carbocycles. The highest BCUT2D eigenvalue weighted by Gasteiger charge is 2.22. The van der Waals surface area contributed by atoms with Crippen LogP contribution in [-0.2, 0) is 0 Å². The monoisotopic (exact) mass is 183 g/mol. The van der Waals surface area contributed by atoms with E-state index in [1.54, 1.807) is 0 Å². The number of rotatable bonds is 1. The Bertz CT molecular complexity index is 149. The highest BCUT2D eigenvalue weighted by Crippen LogP contribution is 2.26. The molecular formula is C12H25N. The van der Waals surface area contributed by atoms with Gasteiger partial charge in [-0.3, -0.25) is 0 Å². The van der Waals surface area contributed by atoms with Gasteiger partial charge in [-0.25, -0.2) is 0 Å². The minimum atomic E-state index is 0.637. The molecule has 0 aliphatic carbocycles. The van der Waals surface area contributed by atoms with E-state index >= 15 is 0 Å². The summed E-state index contributed by atoms with van der Waals surface area (Å²) in [6.45, 7) is 16.2. The number of allylic oxidation sites excluding steroid dienone is 1. The molecule has 0 amide bonds. The zero-order chi connectivity index (χ0) is 10.4. The Balaban J connectivity index is 0.000000424. The summed E-state index contributed by atoms with van der Waals surface area (Å²) in [5.41, 5.74) is 1.32. The maximum atomic E-state index is 4.03. The van der Waals surface area contributed by atoms with Crippen molar-refractivity contribution in [1.29, 1.82) is 0 Å². The van der Waals surface area contributed by atoms with E-state index in [0.29, 0.717) is 6.04 Å². The lowest BCUT2D eigenvalue weighted by Gasteiger charge is -2.23. The normalized spacial score (nSPS) is 21.8. The van der Waals surface area contributed by atoms with Gasteiger partial charge in [0.05, 0.1) is 0 Å². The maximum absolute atomic E-state index is 4.03.